The van der Waals surface area contributed by atoms with E-state index in [9.17, 15) is 0 Å². The highest BCUT2D eigenvalue weighted by Gasteiger charge is 1.91. The Morgan fingerprint density at radius 3 is 2.54 bits per heavy atom. The van der Waals surface area contributed by atoms with Crippen LogP contribution in [-0.2, 0) is 11.3 Å². The predicted octanol–water partition coefficient (Wildman–Crippen LogP) is 1.80. The van der Waals surface area contributed by atoms with E-state index >= 15 is 0 Å². The van der Waals surface area contributed by atoms with Gasteiger partial charge in [0.2, 0.25) is 0 Å². The Morgan fingerprint density at radius 1 is 1.31 bits per heavy atom. The third-order valence-electron chi connectivity index (χ3n) is 1.75. The maximum Gasteiger partial charge on any atom is 0.0717 e. The first-order chi connectivity index (χ1) is 6.36. The van der Waals surface area contributed by atoms with Gasteiger partial charge in [0.1, 0.15) is 0 Å². The summed E-state index contributed by atoms with van der Waals surface area (Å²) in [6, 6.07) is 8.11. The van der Waals surface area contributed by atoms with Crippen molar-refractivity contribution in [3.05, 3.63) is 42.0 Å². The van der Waals surface area contributed by atoms with Gasteiger partial charge in [-0.15, -0.1) is 0 Å². The fourth-order valence-corrected chi connectivity index (χ4v) is 1.02. The topological polar surface area (TPSA) is 35.2 Å². The summed E-state index contributed by atoms with van der Waals surface area (Å²) in [4.78, 5) is 0. The molecule has 13 heavy (non-hydrogen) atoms. The Labute approximate surface area is 79.0 Å². The van der Waals surface area contributed by atoms with Crippen LogP contribution < -0.4 is 5.73 Å². The van der Waals surface area contributed by atoms with Crippen molar-refractivity contribution in [3.63, 3.8) is 0 Å². The molecule has 0 aromatic heterocycles. The van der Waals surface area contributed by atoms with Crippen LogP contribution in [0.2, 0.25) is 0 Å². The van der Waals surface area contributed by atoms with E-state index < -0.39 is 0 Å². The van der Waals surface area contributed by atoms with E-state index in [1.54, 1.807) is 0 Å². The first kappa shape index (κ1) is 9.96. The molecule has 1 aromatic carbocycles. The van der Waals surface area contributed by atoms with Crippen LogP contribution in [0.15, 0.2) is 30.8 Å². The highest BCUT2D eigenvalue weighted by atomic mass is 16.5. The first-order valence-corrected chi connectivity index (χ1v) is 4.36. The molecule has 0 fully saturated rings. The van der Waals surface area contributed by atoms with Crippen LogP contribution in [0.5, 0.6) is 0 Å². The Bertz CT molecular complexity index is 253. The zero-order chi connectivity index (χ0) is 9.52. The molecule has 0 amide bonds. The fourth-order valence-electron chi connectivity index (χ4n) is 1.02. The van der Waals surface area contributed by atoms with Gasteiger partial charge in [-0.25, -0.2) is 0 Å². The molecule has 0 unspecified atom stereocenters. The van der Waals surface area contributed by atoms with Crippen molar-refractivity contribution in [1.29, 1.82) is 0 Å². The normalized spacial score (nSPS) is 9.92. The minimum absolute atomic E-state index is 0.574. The van der Waals surface area contributed by atoms with E-state index in [1.807, 2.05) is 30.3 Å². The Kier molecular flexibility index (Phi) is 4.23. The fraction of sp³-hybridized carbons (Fsp3) is 0.273. The molecule has 0 spiro atoms. The van der Waals surface area contributed by atoms with Gasteiger partial charge >= 0.3 is 0 Å². The van der Waals surface area contributed by atoms with Gasteiger partial charge in [0.05, 0.1) is 13.2 Å². The lowest BCUT2D eigenvalue weighted by Gasteiger charge is -2.02. The Balaban J connectivity index is 2.44. The van der Waals surface area contributed by atoms with E-state index in [1.165, 1.54) is 5.56 Å². The Morgan fingerprint density at radius 2 is 2.00 bits per heavy atom. The zero-order valence-electron chi connectivity index (χ0n) is 7.70. The van der Waals surface area contributed by atoms with Crippen LogP contribution in [0.1, 0.15) is 11.1 Å². The molecule has 0 atom stereocenters. The summed E-state index contributed by atoms with van der Waals surface area (Å²) in [7, 11) is 0. The summed E-state index contributed by atoms with van der Waals surface area (Å²) in [6.45, 7) is 5.51. The second-order valence-electron chi connectivity index (χ2n) is 2.79. The number of rotatable bonds is 5. The number of hydrogen-bond acceptors (Lipinski definition) is 2. The predicted molar refractivity (Wildman–Crippen MR) is 55.2 cm³/mol. The maximum absolute atomic E-state index is 5.30. The van der Waals surface area contributed by atoms with Gasteiger partial charge in [-0.05, 0) is 11.1 Å². The van der Waals surface area contributed by atoms with Gasteiger partial charge in [-0.1, -0.05) is 36.9 Å². The third-order valence-corrected chi connectivity index (χ3v) is 1.75. The van der Waals surface area contributed by atoms with E-state index in [2.05, 4.69) is 6.58 Å². The highest BCUT2D eigenvalue weighted by molar-refractivity contribution is 5.47. The standard InChI is InChI=1S/C11H15NO/c1-2-10-3-5-11(6-4-10)9-13-8-7-12/h2-6H,1,7-9,12H2. The van der Waals surface area contributed by atoms with Crippen LogP contribution >= 0.6 is 0 Å². The molecule has 0 aliphatic rings. The van der Waals surface area contributed by atoms with Gasteiger partial charge in [0.25, 0.3) is 0 Å². The molecule has 0 aliphatic heterocycles. The number of nitrogens with two attached hydrogens (primary N) is 1. The van der Waals surface area contributed by atoms with Crippen molar-refractivity contribution < 1.29 is 4.74 Å². The Hall–Kier alpha value is -1.12. The molecule has 0 bridgehead atoms. The lowest BCUT2D eigenvalue weighted by atomic mass is 10.1. The molecule has 2 nitrogen and oxygen atoms in total. The molecule has 2 heteroatoms. The second kappa shape index (κ2) is 5.51. The monoisotopic (exact) mass is 177 g/mol. The summed E-state index contributed by atoms with van der Waals surface area (Å²) >= 11 is 0. The molecular weight excluding hydrogens is 162 g/mol. The molecule has 0 aliphatic carbocycles. The molecule has 0 heterocycles. The minimum atomic E-state index is 0.574. The maximum atomic E-state index is 5.30. The largest absolute Gasteiger partial charge is 0.375 e. The van der Waals surface area contributed by atoms with Crippen LogP contribution in [0.3, 0.4) is 0 Å². The second-order valence-corrected chi connectivity index (χ2v) is 2.79. The highest BCUT2D eigenvalue weighted by Crippen LogP contribution is 2.06. The zero-order valence-corrected chi connectivity index (χ0v) is 7.70. The molecule has 70 valence electrons. The van der Waals surface area contributed by atoms with Crippen LogP contribution in [0.4, 0.5) is 0 Å². The van der Waals surface area contributed by atoms with Gasteiger partial charge in [-0.3, -0.25) is 0 Å². The summed E-state index contributed by atoms with van der Waals surface area (Å²) < 4.78 is 5.29. The van der Waals surface area contributed by atoms with Crippen molar-refractivity contribution >= 4 is 6.08 Å². The van der Waals surface area contributed by atoms with Crippen LogP contribution in [0, 0.1) is 0 Å². The van der Waals surface area contributed by atoms with E-state index in [0.29, 0.717) is 19.8 Å². The minimum Gasteiger partial charge on any atom is -0.375 e. The summed E-state index contributed by atoms with van der Waals surface area (Å²) in [5, 5.41) is 0. The van der Waals surface area contributed by atoms with E-state index in [4.69, 9.17) is 10.5 Å². The summed E-state index contributed by atoms with van der Waals surface area (Å²) in [5.41, 5.74) is 7.59. The van der Waals surface area contributed by atoms with Crippen molar-refractivity contribution in [2.45, 2.75) is 6.61 Å². The van der Waals surface area contributed by atoms with E-state index in [-0.39, 0.29) is 0 Å². The number of hydrogen-bond donors (Lipinski definition) is 1. The first-order valence-electron chi connectivity index (χ1n) is 4.36. The molecule has 0 radical (unpaired) electrons. The number of ether oxygens (including phenoxy) is 1. The summed E-state index contributed by atoms with van der Waals surface area (Å²) in [5.74, 6) is 0. The molecule has 1 aromatic rings. The smallest absolute Gasteiger partial charge is 0.0717 e. The van der Waals surface area contributed by atoms with Gasteiger partial charge in [-0.2, -0.15) is 0 Å². The van der Waals surface area contributed by atoms with Gasteiger partial charge in [0.15, 0.2) is 0 Å². The SMILES string of the molecule is C=Cc1ccc(COCCN)cc1. The van der Waals surface area contributed by atoms with Crippen LogP contribution in [-0.4, -0.2) is 13.2 Å². The average molecular weight is 177 g/mol. The molecule has 1 rings (SSSR count). The molecule has 2 N–H and O–H groups in total. The number of benzene rings is 1. The van der Waals surface area contributed by atoms with Crippen molar-refractivity contribution in [1.82, 2.24) is 0 Å². The van der Waals surface area contributed by atoms with Crippen molar-refractivity contribution in [2.24, 2.45) is 5.73 Å². The third kappa shape index (κ3) is 3.40. The molecular formula is C11H15NO. The van der Waals surface area contributed by atoms with Crippen molar-refractivity contribution in [3.8, 4) is 0 Å². The quantitative estimate of drug-likeness (QED) is 0.696. The average Bonchev–Trinajstić information content (AvgIpc) is 2.19. The lowest BCUT2D eigenvalue weighted by molar-refractivity contribution is 0.128. The summed E-state index contributed by atoms with van der Waals surface area (Å²) in [6.07, 6.45) is 1.82. The molecule has 0 saturated carbocycles. The molecule has 0 saturated heterocycles. The van der Waals surface area contributed by atoms with Gasteiger partial charge in [0, 0.05) is 6.54 Å². The van der Waals surface area contributed by atoms with E-state index in [0.717, 1.165) is 5.56 Å². The van der Waals surface area contributed by atoms with Gasteiger partial charge < -0.3 is 10.5 Å². The van der Waals surface area contributed by atoms with Crippen molar-refractivity contribution in [2.75, 3.05) is 13.2 Å². The lowest BCUT2D eigenvalue weighted by Crippen LogP contribution is -2.08. The van der Waals surface area contributed by atoms with Crippen LogP contribution in [0.25, 0.3) is 6.08 Å².